The highest BCUT2D eigenvalue weighted by Crippen LogP contribution is 2.55. The first-order chi connectivity index (χ1) is 51.3. The summed E-state index contributed by atoms with van der Waals surface area (Å²) in [6.07, 6.45) is 1.87. The van der Waals surface area contributed by atoms with Gasteiger partial charge < -0.3 is 9.13 Å². The summed E-state index contributed by atoms with van der Waals surface area (Å²) in [6.45, 7) is 0. The lowest BCUT2D eigenvalue weighted by atomic mass is 9.85. The molecule has 104 heavy (non-hydrogen) atoms. The highest BCUT2D eigenvalue weighted by molar-refractivity contribution is 7.86. The topological polar surface area (TPSA) is 106 Å². The summed E-state index contributed by atoms with van der Waals surface area (Å²) >= 11 is 0. The Balaban J connectivity index is 0.000000139. The van der Waals surface area contributed by atoms with E-state index in [1.165, 1.54) is 5.56 Å². The molecule has 3 aromatic heterocycles. The van der Waals surface area contributed by atoms with Crippen molar-refractivity contribution in [2.45, 2.75) is 0 Å². The van der Waals surface area contributed by atoms with E-state index in [9.17, 15) is 5.26 Å². The number of benzene rings is 16. The lowest BCUT2D eigenvalue weighted by molar-refractivity contribution is 0.591. The molecule has 2 unspecified atom stereocenters. The maximum atomic E-state index is 16.2. The average molecular weight is 1370 g/mol. The fraction of sp³-hybridized carbons (Fsp3) is 0. The Labute approximate surface area is 599 Å². The number of imidazole rings is 2. The lowest BCUT2D eigenvalue weighted by Crippen LogP contribution is -2.33. The molecule has 19 aromatic rings. The van der Waals surface area contributed by atoms with Crippen LogP contribution in [0.3, 0.4) is 0 Å². The predicted octanol–water partition coefficient (Wildman–Crippen LogP) is 21.0. The first-order valence-electron chi connectivity index (χ1n) is 34.8. The lowest BCUT2D eigenvalue weighted by Gasteiger charge is -2.30. The number of rotatable bonds is 8. The maximum Gasteiger partial charge on any atom is 0.175 e. The van der Waals surface area contributed by atoms with E-state index in [1.807, 2.05) is 170 Å². The van der Waals surface area contributed by atoms with Gasteiger partial charge in [0, 0.05) is 60.1 Å². The van der Waals surface area contributed by atoms with Crippen LogP contribution in [-0.4, -0.2) is 24.1 Å². The van der Waals surface area contributed by atoms with Crippen LogP contribution in [0.2, 0.25) is 0 Å². The summed E-state index contributed by atoms with van der Waals surface area (Å²) in [5.74, 6) is 1.67. The Kier molecular flexibility index (Phi) is 14.0. The van der Waals surface area contributed by atoms with Gasteiger partial charge in [-0.15, -0.1) is 0 Å². The van der Waals surface area contributed by atoms with Gasteiger partial charge in [-0.3, -0.25) is 14.1 Å². The number of fused-ring (bicyclic) bond motifs is 9. The second-order valence-electron chi connectivity index (χ2n) is 26.6. The van der Waals surface area contributed by atoms with E-state index in [1.54, 1.807) is 0 Å². The quantitative estimate of drug-likeness (QED) is 0.111. The van der Waals surface area contributed by atoms with Crippen LogP contribution < -0.4 is 31.8 Å². The van der Waals surface area contributed by atoms with Crippen LogP contribution in [0.25, 0.3) is 155 Å². The molecular weight excluding hydrogens is 1310 g/mol. The molecule has 486 valence electrons. The molecule has 0 aliphatic carbocycles. The van der Waals surface area contributed by atoms with Gasteiger partial charge in [-0.25, -0.2) is 9.97 Å². The zero-order chi connectivity index (χ0) is 69.2. The number of aromatic nitrogens is 5. The van der Waals surface area contributed by atoms with E-state index in [4.69, 9.17) is 15.0 Å². The molecule has 0 fully saturated rings. The zero-order valence-electron chi connectivity index (χ0n) is 55.9. The first kappa shape index (κ1) is 60.8. The van der Waals surface area contributed by atoms with Crippen molar-refractivity contribution >= 4 is 122 Å². The van der Waals surface area contributed by atoms with Crippen molar-refractivity contribution in [3.63, 3.8) is 0 Å². The van der Waals surface area contributed by atoms with Gasteiger partial charge in [0.2, 0.25) is 0 Å². The molecule has 5 heterocycles. The van der Waals surface area contributed by atoms with E-state index in [2.05, 4.69) is 197 Å². The minimum absolute atomic E-state index is 0.632. The molecule has 0 spiro atoms. The SMILES string of the molecule is N#Cc1ccc(-c2c3ccccc3c(-c3ccc4c(c3)P(=O)(c3ccccc3)c3cccc5nc(-c6ccccc6)n-4c35)c3ccccc23)cc1.O=P1(c2ccccc2)c2cc(-c3c4ccccc4c(-c4cccc5cccnc45)c4ccccc34)ccc2-n2c(-c3ccccc3)nc3cccc1c32. The van der Waals surface area contributed by atoms with Gasteiger partial charge in [-0.2, -0.15) is 5.26 Å². The molecule has 2 aliphatic heterocycles. The van der Waals surface area contributed by atoms with E-state index in [0.29, 0.717) is 5.56 Å². The molecule has 10 heteroatoms. The molecule has 2 atom stereocenters. The first-order valence-corrected chi connectivity index (χ1v) is 38.2. The maximum absolute atomic E-state index is 16.2. The van der Waals surface area contributed by atoms with Crippen LogP contribution in [0.5, 0.6) is 0 Å². The number of hydrogen-bond donors (Lipinski definition) is 0. The van der Waals surface area contributed by atoms with Crippen LogP contribution in [-0.2, 0) is 9.13 Å². The van der Waals surface area contributed by atoms with E-state index < -0.39 is 14.3 Å². The number of nitrogens with zero attached hydrogens (tertiary/aromatic N) is 6. The van der Waals surface area contributed by atoms with Crippen molar-refractivity contribution in [3.05, 3.63) is 358 Å². The molecule has 0 saturated carbocycles. The van der Waals surface area contributed by atoms with Gasteiger partial charge in [0.05, 0.1) is 50.6 Å². The van der Waals surface area contributed by atoms with Crippen molar-refractivity contribution in [2.24, 2.45) is 0 Å². The normalized spacial score (nSPS) is 14.9. The molecular formula is C94H58N6O2P2. The van der Waals surface area contributed by atoms with Crippen molar-refractivity contribution in [2.75, 3.05) is 0 Å². The van der Waals surface area contributed by atoms with Gasteiger partial charge in [-0.1, -0.05) is 279 Å². The van der Waals surface area contributed by atoms with Crippen molar-refractivity contribution in [1.82, 2.24) is 24.1 Å². The monoisotopic (exact) mass is 1360 g/mol. The predicted molar refractivity (Wildman–Crippen MR) is 431 cm³/mol. The minimum atomic E-state index is -3.36. The molecule has 8 nitrogen and oxygen atoms in total. The Morgan fingerprint density at radius 2 is 0.673 bits per heavy atom. The summed E-state index contributed by atoms with van der Waals surface area (Å²) < 4.78 is 36.8. The Morgan fingerprint density at radius 1 is 0.308 bits per heavy atom. The van der Waals surface area contributed by atoms with Crippen molar-refractivity contribution in [1.29, 1.82) is 5.26 Å². The van der Waals surface area contributed by atoms with E-state index in [0.717, 1.165) is 181 Å². The van der Waals surface area contributed by atoms with Gasteiger partial charge in [0.15, 0.2) is 14.3 Å². The fourth-order valence-electron chi connectivity index (χ4n) is 16.6. The Morgan fingerprint density at radius 3 is 1.10 bits per heavy atom. The molecule has 0 amide bonds. The highest BCUT2D eigenvalue weighted by Gasteiger charge is 2.43. The highest BCUT2D eigenvalue weighted by atomic mass is 31.2. The van der Waals surface area contributed by atoms with Gasteiger partial charge in [0.25, 0.3) is 0 Å². The van der Waals surface area contributed by atoms with E-state index >= 15 is 9.13 Å². The third-order valence-electron chi connectivity index (χ3n) is 21.0. The summed E-state index contributed by atoms with van der Waals surface area (Å²) in [6, 6.07) is 121. The summed E-state index contributed by atoms with van der Waals surface area (Å²) in [5, 5.41) is 24.4. The minimum Gasteiger partial charge on any atom is -0.308 e. The standard InChI is InChI=1S/C48H30N3OP.C46H28N3OP/c52-53(34-18-5-2-6-19-34)42-26-12-25-40-47(42)51(48(50-40)32-14-3-1-4-15-32)41-28-27-33(30-43(41)53)44-35-20-7-9-22-37(35)45(38-23-10-8-21-36(38)44)39-24-11-16-31-17-13-29-49-46(31)39;47-29-30-22-24-31(25-23-30)43-35-16-7-9-18-37(35)44(38-19-10-8-17-36(38)43)33-26-27-40-42(28-33)51(50,34-14-5-2-6-15-34)41-21-11-20-39-45(41)49(40)46(48-39)32-12-3-1-4-13-32/h1-30H;1-28H. The largest absolute Gasteiger partial charge is 0.308 e. The summed E-state index contributed by atoms with van der Waals surface area (Å²) in [4.78, 5) is 15.2. The van der Waals surface area contributed by atoms with Crippen molar-refractivity contribution < 1.29 is 9.13 Å². The summed E-state index contributed by atoms with van der Waals surface area (Å²) in [7, 11) is -6.73. The second-order valence-corrected chi connectivity index (χ2v) is 32.0. The number of para-hydroxylation sites is 3. The molecule has 0 bridgehead atoms. The molecule has 2 aliphatic rings. The zero-order valence-corrected chi connectivity index (χ0v) is 57.7. The Hall–Kier alpha value is -13.1. The van der Waals surface area contributed by atoms with Crippen LogP contribution in [0.15, 0.2) is 352 Å². The summed E-state index contributed by atoms with van der Waals surface area (Å²) in [5.41, 5.74) is 17.6. The smallest absolute Gasteiger partial charge is 0.175 e. The molecule has 0 radical (unpaired) electrons. The molecule has 0 saturated heterocycles. The van der Waals surface area contributed by atoms with Gasteiger partial charge in [0.1, 0.15) is 11.6 Å². The van der Waals surface area contributed by atoms with E-state index in [-0.39, 0.29) is 0 Å². The van der Waals surface area contributed by atoms with Gasteiger partial charge in [-0.05, 0) is 149 Å². The van der Waals surface area contributed by atoms with Gasteiger partial charge >= 0.3 is 0 Å². The second kappa shape index (κ2) is 24.0. The van der Waals surface area contributed by atoms with Crippen molar-refractivity contribution in [3.8, 4) is 84.7 Å². The van der Waals surface area contributed by atoms with Crippen LogP contribution in [0, 0.1) is 11.3 Å². The number of pyridine rings is 1. The third-order valence-corrected chi connectivity index (χ3v) is 27.3. The number of nitriles is 1. The van der Waals surface area contributed by atoms with Crippen LogP contribution in [0.1, 0.15) is 5.56 Å². The molecule has 21 rings (SSSR count). The molecule has 16 aromatic carbocycles. The molecule has 0 N–H and O–H groups in total. The van der Waals surface area contributed by atoms with Crippen LogP contribution in [0.4, 0.5) is 0 Å². The average Bonchev–Trinajstić information content (AvgIpc) is 1.30. The Bertz CT molecular complexity index is 6810. The number of hydrogen-bond acceptors (Lipinski definition) is 6. The third kappa shape index (κ3) is 9.15. The fourth-order valence-corrected chi connectivity index (χ4v) is 22.7. The van der Waals surface area contributed by atoms with Crippen LogP contribution >= 0.6 is 14.3 Å².